The minimum Gasteiger partial charge on any atom is -0.364 e. The van der Waals surface area contributed by atoms with Crippen molar-refractivity contribution < 1.29 is 0 Å². The molecule has 0 bridgehead atoms. The molecule has 1 aromatic carbocycles. The third-order valence-corrected chi connectivity index (χ3v) is 3.29. The Labute approximate surface area is 109 Å². The minimum absolute atomic E-state index is 0.423. The molecule has 0 amide bonds. The van der Waals surface area contributed by atoms with Gasteiger partial charge >= 0.3 is 0 Å². The molecule has 2 N–H and O–H groups in total. The maximum Gasteiger partial charge on any atom is 0.0475 e. The van der Waals surface area contributed by atoms with Gasteiger partial charge in [-0.3, -0.25) is 0 Å². The van der Waals surface area contributed by atoms with Crippen LogP contribution in [0, 0.1) is 6.92 Å². The number of aromatic nitrogens is 1. The van der Waals surface area contributed by atoms with Gasteiger partial charge in [-0.2, -0.15) is 0 Å². The Balaban J connectivity index is 1.95. The summed E-state index contributed by atoms with van der Waals surface area (Å²) in [5.41, 5.74) is 4.02. The largest absolute Gasteiger partial charge is 0.364 e. The summed E-state index contributed by atoms with van der Waals surface area (Å²) in [6.07, 6.45) is 4.22. The van der Waals surface area contributed by atoms with Gasteiger partial charge in [-0.1, -0.05) is 36.8 Å². The highest BCUT2D eigenvalue weighted by atomic mass is 14.9. The predicted molar refractivity (Wildman–Crippen MR) is 76.7 cm³/mol. The SMILES string of the molecule is CCNC(CCc1ccc(C)cc1)c1ccc[nH]1. The second kappa shape index (κ2) is 6.41. The molecule has 0 aliphatic heterocycles. The summed E-state index contributed by atoms with van der Waals surface area (Å²) in [5, 5.41) is 3.54. The highest BCUT2D eigenvalue weighted by Gasteiger charge is 2.10. The van der Waals surface area contributed by atoms with Gasteiger partial charge in [0.15, 0.2) is 0 Å². The van der Waals surface area contributed by atoms with E-state index in [1.807, 2.05) is 6.20 Å². The number of aryl methyl sites for hydroxylation is 2. The van der Waals surface area contributed by atoms with Gasteiger partial charge in [-0.25, -0.2) is 0 Å². The molecular weight excluding hydrogens is 220 g/mol. The standard InChI is InChI=1S/C16H22N2/c1-3-17-16(15-5-4-12-18-15)11-10-14-8-6-13(2)7-9-14/h4-9,12,16-18H,3,10-11H2,1-2H3. The van der Waals surface area contributed by atoms with Crippen molar-refractivity contribution in [2.75, 3.05) is 6.54 Å². The number of hydrogen-bond donors (Lipinski definition) is 2. The number of rotatable bonds is 6. The lowest BCUT2D eigenvalue weighted by Gasteiger charge is -2.16. The van der Waals surface area contributed by atoms with Gasteiger partial charge in [-0.05, 0) is 44.0 Å². The van der Waals surface area contributed by atoms with Crippen molar-refractivity contribution in [2.45, 2.75) is 32.7 Å². The molecule has 2 nitrogen and oxygen atoms in total. The topological polar surface area (TPSA) is 27.8 Å². The molecule has 0 spiro atoms. The fourth-order valence-electron chi connectivity index (χ4n) is 2.24. The summed E-state index contributed by atoms with van der Waals surface area (Å²) in [4.78, 5) is 3.30. The molecule has 0 saturated carbocycles. The molecule has 0 aliphatic carbocycles. The molecule has 0 aliphatic rings. The van der Waals surface area contributed by atoms with Crippen LogP contribution in [0.1, 0.15) is 36.2 Å². The van der Waals surface area contributed by atoms with E-state index in [2.05, 4.69) is 60.5 Å². The van der Waals surface area contributed by atoms with Crippen molar-refractivity contribution >= 4 is 0 Å². The Hall–Kier alpha value is -1.54. The van der Waals surface area contributed by atoms with Crippen LogP contribution in [-0.2, 0) is 6.42 Å². The zero-order chi connectivity index (χ0) is 12.8. The molecule has 0 saturated heterocycles. The summed E-state index contributed by atoms with van der Waals surface area (Å²) in [6.45, 7) is 5.28. The van der Waals surface area contributed by atoms with Crippen LogP contribution in [0.5, 0.6) is 0 Å². The van der Waals surface area contributed by atoms with Gasteiger partial charge < -0.3 is 10.3 Å². The van der Waals surface area contributed by atoms with Crippen molar-refractivity contribution in [1.82, 2.24) is 10.3 Å². The van der Waals surface area contributed by atoms with Crippen LogP contribution >= 0.6 is 0 Å². The van der Waals surface area contributed by atoms with E-state index in [9.17, 15) is 0 Å². The highest BCUT2D eigenvalue weighted by molar-refractivity contribution is 5.21. The molecule has 0 fully saturated rings. The summed E-state index contributed by atoms with van der Waals surface area (Å²) in [5.74, 6) is 0. The van der Waals surface area contributed by atoms with E-state index in [0.29, 0.717) is 6.04 Å². The van der Waals surface area contributed by atoms with Crippen molar-refractivity contribution in [3.8, 4) is 0 Å². The van der Waals surface area contributed by atoms with E-state index in [1.165, 1.54) is 16.8 Å². The quantitative estimate of drug-likeness (QED) is 0.795. The zero-order valence-electron chi connectivity index (χ0n) is 11.2. The minimum atomic E-state index is 0.423. The van der Waals surface area contributed by atoms with Crippen LogP contribution in [0.3, 0.4) is 0 Å². The van der Waals surface area contributed by atoms with Crippen LogP contribution in [0.4, 0.5) is 0 Å². The molecule has 2 rings (SSSR count). The van der Waals surface area contributed by atoms with Crippen LogP contribution in [0.2, 0.25) is 0 Å². The van der Waals surface area contributed by atoms with Gasteiger partial charge in [0.2, 0.25) is 0 Å². The number of benzene rings is 1. The van der Waals surface area contributed by atoms with Gasteiger partial charge in [0.05, 0.1) is 0 Å². The first-order valence-electron chi connectivity index (χ1n) is 6.72. The lowest BCUT2D eigenvalue weighted by molar-refractivity contribution is 0.506. The summed E-state index contributed by atoms with van der Waals surface area (Å²) in [6, 6.07) is 13.5. The van der Waals surface area contributed by atoms with Crippen molar-refractivity contribution in [1.29, 1.82) is 0 Å². The molecule has 1 heterocycles. The van der Waals surface area contributed by atoms with Gasteiger partial charge in [0, 0.05) is 17.9 Å². The van der Waals surface area contributed by atoms with Crippen molar-refractivity contribution in [2.24, 2.45) is 0 Å². The van der Waals surface area contributed by atoms with E-state index in [4.69, 9.17) is 0 Å². The Morgan fingerprint density at radius 1 is 1.17 bits per heavy atom. The molecule has 1 atom stereocenters. The lowest BCUT2D eigenvalue weighted by atomic mass is 10.0. The second-order valence-electron chi connectivity index (χ2n) is 4.76. The van der Waals surface area contributed by atoms with Crippen LogP contribution in [0.25, 0.3) is 0 Å². The Kier molecular flexibility index (Phi) is 4.59. The highest BCUT2D eigenvalue weighted by Crippen LogP contribution is 2.17. The maximum absolute atomic E-state index is 3.54. The van der Waals surface area contributed by atoms with Gasteiger partial charge in [-0.15, -0.1) is 0 Å². The number of hydrogen-bond acceptors (Lipinski definition) is 1. The fourth-order valence-corrected chi connectivity index (χ4v) is 2.24. The molecule has 2 aromatic rings. The average Bonchev–Trinajstić information content (AvgIpc) is 2.90. The normalized spacial score (nSPS) is 12.6. The maximum atomic E-state index is 3.54. The third kappa shape index (κ3) is 3.47. The number of aromatic amines is 1. The van der Waals surface area contributed by atoms with Gasteiger partial charge in [0.1, 0.15) is 0 Å². The molecular formula is C16H22N2. The molecule has 0 radical (unpaired) electrons. The summed E-state index contributed by atoms with van der Waals surface area (Å²) < 4.78 is 0. The Morgan fingerprint density at radius 3 is 2.56 bits per heavy atom. The first kappa shape index (κ1) is 12.9. The van der Waals surface area contributed by atoms with Crippen molar-refractivity contribution in [3.63, 3.8) is 0 Å². The van der Waals surface area contributed by atoms with E-state index in [0.717, 1.165) is 19.4 Å². The molecule has 2 heteroatoms. The van der Waals surface area contributed by atoms with Crippen LogP contribution < -0.4 is 5.32 Å². The van der Waals surface area contributed by atoms with Crippen LogP contribution in [-0.4, -0.2) is 11.5 Å². The summed E-state index contributed by atoms with van der Waals surface area (Å²) in [7, 11) is 0. The van der Waals surface area contributed by atoms with Crippen LogP contribution in [0.15, 0.2) is 42.6 Å². The first-order valence-corrected chi connectivity index (χ1v) is 6.72. The molecule has 1 unspecified atom stereocenters. The van der Waals surface area contributed by atoms with E-state index in [1.54, 1.807) is 0 Å². The molecule has 18 heavy (non-hydrogen) atoms. The third-order valence-electron chi connectivity index (χ3n) is 3.29. The zero-order valence-corrected chi connectivity index (χ0v) is 11.2. The molecule has 96 valence electrons. The van der Waals surface area contributed by atoms with Crippen molar-refractivity contribution in [3.05, 3.63) is 59.4 Å². The fraction of sp³-hybridized carbons (Fsp3) is 0.375. The Bertz CT molecular complexity index is 442. The van der Waals surface area contributed by atoms with E-state index < -0.39 is 0 Å². The van der Waals surface area contributed by atoms with E-state index >= 15 is 0 Å². The lowest BCUT2D eigenvalue weighted by Crippen LogP contribution is -2.21. The summed E-state index contributed by atoms with van der Waals surface area (Å²) >= 11 is 0. The predicted octanol–water partition coefficient (Wildman–Crippen LogP) is 3.61. The van der Waals surface area contributed by atoms with E-state index in [-0.39, 0.29) is 0 Å². The number of nitrogens with one attached hydrogen (secondary N) is 2. The van der Waals surface area contributed by atoms with Gasteiger partial charge in [0.25, 0.3) is 0 Å². The average molecular weight is 242 g/mol. The Morgan fingerprint density at radius 2 is 1.94 bits per heavy atom. The second-order valence-corrected chi connectivity index (χ2v) is 4.76. The first-order chi connectivity index (χ1) is 8.79. The molecule has 1 aromatic heterocycles. The number of H-pyrrole nitrogens is 1. The smallest absolute Gasteiger partial charge is 0.0475 e. The monoisotopic (exact) mass is 242 g/mol.